The summed E-state index contributed by atoms with van der Waals surface area (Å²) in [5, 5.41) is 10.3. The van der Waals surface area contributed by atoms with Gasteiger partial charge in [0, 0.05) is 53.9 Å². The van der Waals surface area contributed by atoms with Crippen molar-refractivity contribution < 1.29 is 17.9 Å². The van der Waals surface area contributed by atoms with Gasteiger partial charge in [0.2, 0.25) is 0 Å². The summed E-state index contributed by atoms with van der Waals surface area (Å²) in [5.74, 6) is 5.51. The van der Waals surface area contributed by atoms with Gasteiger partial charge in [0.05, 0.1) is 21.5 Å². The van der Waals surface area contributed by atoms with Gasteiger partial charge in [0.1, 0.15) is 35.3 Å². The molecular weight excluding hydrogens is 756 g/mol. The van der Waals surface area contributed by atoms with Crippen molar-refractivity contribution in [3.05, 3.63) is 104 Å². The Morgan fingerprint density at radius 1 is 0.911 bits per heavy atom. The molecule has 2 bridgehead atoms. The van der Waals surface area contributed by atoms with E-state index in [0.29, 0.717) is 75.1 Å². The number of benzene rings is 4. The van der Waals surface area contributed by atoms with E-state index in [9.17, 15) is 4.39 Å². The van der Waals surface area contributed by atoms with Crippen molar-refractivity contribution in [1.82, 2.24) is 25.5 Å². The van der Waals surface area contributed by atoms with Gasteiger partial charge >= 0.3 is 6.01 Å². The molecule has 12 heteroatoms. The Balaban J connectivity index is 1.30. The van der Waals surface area contributed by atoms with Gasteiger partial charge in [-0.05, 0) is 79.1 Å². The molecule has 4 fully saturated rings. The zero-order valence-corrected chi connectivity index (χ0v) is 32.3. The van der Waals surface area contributed by atoms with Crippen molar-refractivity contribution >= 4 is 62.1 Å². The van der Waals surface area contributed by atoms with Gasteiger partial charge in [-0.1, -0.05) is 83.7 Å². The first-order chi connectivity index (χ1) is 27.2. The molecule has 4 saturated heterocycles. The van der Waals surface area contributed by atoms with Crippen molar-refractivity contribution in [3.63, 3.8) is 0 Å². The molecule has 5 aromatic rings. The van der Waals surface area contributed by atoms with Crippen LogP contribution in [0.1, 0.15) is 50.2 Å². The van der Waals surface area contributed by atoms with Gasteiger partial charge in [0.25, 0.3) is 0 Å². The predicted molar refractivity (Wildman–Crippen MR) is 215 cm³/mol. The Kier molecular flexibility index (Phi) is 8.68. The maximum absolute atomic E-state index is 19.0. The third-order valence-electron chi connectivity index (χ3n) is 12.6. The first kappa shape index (κ1) is 35.9. The van der Waals surface area contributed by atoms with E-state index in [1.165, 1.54) is 6.07 Å². The number of aromatic nitrogens is 2. The Morgan fingerprint density at radius 2 is 1.62 bits per heavy atom. The number of nitrogens with one attached hydrogen (secondary N) is 2. The lowest BCUT2D eigenvalue weighted by Crippen LogP contribution is -2.58. The molecule has 0 saturated carbocycles. The summed E-state index contributed by atoms with van der Waals surface area (Å²) in [6, 6.07) is 19.9. The summed E-state index contributed by atoms with van der Waals surface area (Å²) < 4.78 is 55.8. The van der Waals surface area contributed by atoms with Crippen molar-refractivity contribution in [2.24, 2.45) is 0 Å². The van der Waals surface area contributed by atoms with Crippen LogP contribution in [0.3, 0.4) is 0 Å². The van der Waals surface area contributed by atoms with Crippen LogP contribution in [0, 0.1) is 17.7 Å². The highest BCUT2D eigenvalue weighted by Gasteiger charge is 2.50. The average Bonchev–Trinajstić information content (AvgIpc) is 3.86. The SMILES string of the molecule is CC#CC1=c2c(N3C[C@H]4CC[C@@H](C3)N4)nc(OC[C@@]34CCCN3C[C@H](F)C4)nc2=C(F)C(c2cccc3cccc(Cl)c23)(c2cccc3ccc(F)c(Cl)c23)N1. The molecule has 10 rings (SSSR count). The molecule has 56 heavy (non-hydrogen) atoms. The molecule has 286 valence electrons. The zero-order chi connectivity index (χ0) is 38.3. The number of ether oxygens (including phenoxy) is 1. The molecule has 0 spiro atoms. The molecule has 2 N–H and O–H groups in total. The summed E-state index contributed by atoms with van der Waals surface area (Å²) in [7, 11) is 0. The van der Waals surface area contributed by atoms with Crippen molar-refractivity contribution in [2.75, 3.05) is 37.7 Å². The van der Waals surface area contributed by atoms with Crippen LogP contribution < -0.4 is 30.8 Å². The standard InChI is InChI=1S/C44H39Cl2F3N6O/c1-2-7-34-37-39(51-42(52-41(37)54-22-28-15-16-29(23-54)50-28)56-24-43-18-6-19-55(43)21-27(47)20-43)40(49)44(53-34,30-11-3-8-25-10-5-13-32(45)35(25)30)31-12-4-9-26-14-17-33(48)38(46)36(26)31/h3-5,8-14,17,27-29,50,53H,6,15-16,18-24H2,1H3/t27-,28-,29+,43+,44?/m1/s1. The van der Waals surface area contributed by atoms with E-state index in [-0.39, 0.29) is 35.1 Å². The maximum Gasteiger partial charge on any atom is 0.319 e. The van der Waals surface area contributed by atoms with Crippen LogP contribution in [0.2, 0.25) is 10.0 Å². The molecule has 0 amide bonds. The van der Waals surface area contributed by atoms with Gasteiger partial charge in [-0.25, -0.2) is 13.2 Å². The molecule has 5 aliphatic heterocycles. The molecule has 0 aliphatic carbocycles. The summed E-state index contributed by atoms with van der Waals surface area (Å²) in [5.41, 5.74) is -1.13. The van der Waals surface area contributed by atoms with E-state index in [0.717, 1.165) is 37.6 Å². The molecule has 0 radical (unpaired) electrons. The van der Waals surface area contributed by atoms with E-state index in [2.05, 4.69) is 32.3 Å². The Bertz CT molecular complexity index is 2630. The Morgan fingerprint density at radius 3 is 2.38 bits per heavy atom. The second-order valence-corrected chi connectivity index (χ2v) is 16.6. The second-order valence-electron chi connectivity index (χ2n) is 15.8. The van der Waals surface area contributed by atoms with Crippen LogP contribution in [0.4, 0.5) is 19.0 Å². The second kappa shape index (κ2) is 13.6. The highest BCUT2D eigenvalue weighted by Crippen LogP contribution is 2.48. The number of rotatable bonds is 6. The lowest BCUT2D eigenvalue weighted by atomic mass is 9.75. The van der Waals surface area contributed by atoms with Crippen LogP contribution in [0.5, 0.6) is 6.01 Å². The van der Waals surface area contributed by atoms with Crippen LogP contribution in [-0.2, 0) is 5.54 Å². The lowest BCUT2D eigenvalue weighted by molar-refractivity contribution is 0.107. The predicted octanol–water partition coefficient (Wildman–Crippen LogP) is 6.88. The summed E-state index contributed by atoms with van der Waals surface area (Å²) in [4.78, 5) is 14.3. The molecule has 1 unspecified atom stereocenters. The fourth-order valence-electron chi connectivity index (χ4n) is 10.2. The lowest BCUT2D eigenvalue weighted by Gasteiger charge is -2.40. The van der Waals surface area contributed by atoms with E-state index < -0.39 is 28.9 Å². The van der Waals surface area contributed by atoms with Gasteiger partial charge in [-0.3, -0.25) is 4.90 Å². The molecule has 5 aliphatic rings. The minimum atomic E-state index is -1.87. The topological polar surface area (TPSA) is 65.5 Å². The van der Waals surface area contributed by atoms with Crippen molar-refractivity contribution in [3.8, 4) is 17.9 Å². The highest BCUT2D eigenvalue weighted by atomic mass is 35.5. The highest BCUT2D eigenvalue weighted by molar-refractivity contribution is 6.37. The van der Waals surface area contributed by atoms with Gasteiger partial charge < -0.3 is 20.3 Å². The first-order valence-electron chi connectivity index (χ1n) is 19.3. The molecule has 6 heterocycles. The third kappa shape index (κ3) is 5.49. The quantitative estimate of drug-likeness (QED) is 0.182. The number of nitrogens with zero attached hydrogens (tertiary/aromatic N) is 4. The van der Waals surface area contributed by atoms with E-state index in [1.54, 1.807) is 31.2 Å². The first-order valence-corrected chi connectivity index (χ1v) is 20.1. The normalized spacial score (nSPS) is 27.0. The van der Waals surface area contributed by atoms with Gasteiger partial charge in [0.15, 0.2) is 5.83 Å². The molecule has 4 aromatic carbocycles. The molecular formula is C44H39Cl2F3N6O. The van der Waals surface area contributed by atoms with Crippen LogP contribution in [0.15, 0.2) is 66.7 Å². The summed E-state index contributed by atoms with van der Waals surface area (Å²) >= 11 is 13.9. The minimum Gasteiger partial charge on any atom is -0.461 e. The number of fused-ring (bicyclic) bond motifs is 6. The Hall–Kier alpha value is -4.53. The number of hydrogen-bond acceptors (Lipinski definition) is 7. The number of halogens is 5. The molecule has 5 atom stereocenters. The summed E-state index contributed by atoms with van der Waals surface area (Å²) in [6.45, 7) is 4.37. The maximum atomic E-state index is 19.0. The largest absolute Gasteiger partial charge is 0.461 e. The summed E-state index contributed by atoms with van der Waals surface area (Å²) in [6.07, 6.45) is 3.21. The molecule has 1 aromatic heterocycles. The Labute approximate surface area is 332 Å². The number of piperazine rings is 1. The average molecular weight is 796 g/mol. The smallest absolute Gasteiger partial charge is 0.319 e. The third-order valence-corrected chi connectivity index (χ3v) is 13.2. The van der Waals surface area contributed by atoms with Crippen LogP contribution in [-0.4, -0.2) is 71.4 Å². The van der Waals surface area contributed by atoms with Gasteiger partial charge in [-0.2, -0.15) is 9.97 Å². The fourth-order valence-corrected chi connectivity index (χ4v) is 10.7. The monoisotopic (exact) mass is 794 g/mol. The van der Waals surface area contributed by atoms with E-state index in [4.69, 9.17) is 37.9 Å². The van der Waals surface area contributed by atoms with E-state index in [1.807, 2.05) is 36.4 Å². The fraction of sp³-hybridized carbons (Fsp3) is 0.364. The van der Waals surface area contributed by atoms with Crippen molar-refractivity contribution in [1.29, 1.82) is 0 Å². The van der Waals surface area contributed by atoms with Crippen molar-refractivity contribution in [2.45, 2.75) is 68.4 Å². The zero-order valence-electron chi connectivity index (χ0n) is 30.7. The minimum absolute atomic E-state index is 0.000805. The van der Waals surface area contributed by atoms with Crippen LogP contribution >= 0.6 is 23.2 Å². The number of alkyl halides is 1. The van der Waals surface area contributed by atoms with Crippen LogP contribution in [0.25, 0.3) is 33.1 Å². The number of anilines is 1. The van der Waals surface area contributed by atoms with Gasteiger partial charge in [-0.15, -0.1) is 0 Å². The number of hydrogen-bond donors (Lipinski definition) is 2. The molecule has 7 nitrogen and oxygen atoms in total. The van der Waals surface area contributed by atoms with E-state index >= 15 is 8.78 Å².